The van der Waals surface area contributed by atoms with Gasteiger partial charge >= 0.3 is 7.60 Å². The van der Waals surface area contributed by atoms with Crippen molar-refractivity contribution in [1.82, 2.24) is 4.67 Å². The van der Waals surface area contributed by atoms with Gasteiger partial charge in [-0.2, -0.15) is 0 Å². The molecule has 0 saturated carbocycles. The van der Waals surface area contributed by atoms with Crippen LogP contribution in [-0.4, -0.2) is 43.5 Å². The van der Waals surface area contributed by atoms with E-state index in [1.54, 1.807) is 25.6 Å². The minimum Gasteiger partial charge on any atom is -0.308 e. The second-order valence-corrected chi connectivity index (χ2v) is 10.5. The fourth-order valence-electron chi connectivity index (χ4n) is 2.14. The van der Waals surface area contributed by atoms with Crippen molar-refractivity contribution in [3.8, 4) is 0 Å². The Morgan fingerprint density at radius 3 is 1.62 bits per heavy atom. The van der Waals surface area contributed by atoms with Crippen LogP contribution in [0.4, 0.5) is 0 Å². The number of hydrogen-bond donors (Lipinski definition) is 0. The molecule has 0 spiro atoms. The van der Waals surface area contributed by atoms with E-state index >= 15 is 0 Å². The smallest absolute Gasteiger partial charge is 0.308 e. The molecular formula is C14H33NO4P2. The van der Waals surface area contributed by atoms with Gasteiger partial charge < -0.3 is 13.6 Å². The van der Waals surface area contributed by atoms with Gasteiger partial charge in [0.2, 0.25) is 0 Å². The van der Waals surface area contributed by atoms with E-state index < -0.39 is 14.9 Å². The lowest BCUT2D eigenvalue weighted by molar-refractivity contribution is 0.213. The maximum Gasteiger partial charge on any atom is 0.344 e. The first-order valence-corrected chi connectivity index (χ1v) is 11.8. The summed E-state index contributed by atoms with van der Waals surface area (Å²) in [7, 11) is -3.88. The molecule has 21 heavy (non-hydrogen) atoms. The third-order valence-corrected chi connectivity index (χ3v) is 9.09. The summed E-state index contributed by atoms with van der Waals surface area (Å²) in [6.45, 7) is 8.43. The van der Waals surface area contributed by atoms with Crippen LogP contribution in [0.3, 0.4) is 0 Å². The highest BCUT2D eigenvalue weighted by molar-refractivity contribution is 7.62. The normalized spacial score (nSPS) is 13.0. The Kier molecular flexibility index (Phi) is 11.1. The van der Waals surface area contributed by atoms with Crippen LogP contribution >= 0.6 is 14.9 Å². The summed E-state index contributed by atoms with van der Waals surface area (Å²) in [6, 6.07) is 0. The molecule has 0 aliphatic heterocycles. The molecule has 128 valence electrons. The van der Waals surface area contributed by atoms with Crippen LogP contribution < -0.4 is 0 Å². The van der Waals surface area contributed by atoms with E-state index in [9.17, 15) is 9.13 Å². The molecule has 0 N–H and O–H groups in total. The second kappa shape index (κ2) is 11.0. The van der Waals surface area contributed by atoms with E-state index in [2.05, 4.69) is 13.8 Å². The molecule has 0 aliphatic carbocycles. The standard InChI is InChI=1S/C14H33NO4P2/c1-6-10-12-20(16,13-11-7-2)15(5)14-21(17,18-8-3)19-9-4/h6-14H2,1-5H3. The summed E-state index contributed by atoms with van der Waals surface area (Å²) in [5.74, 6) is 0. The molecule has 0 aliphatic rings. The van der Waals surface area contributed by atoms with Crippen molar-refractivity contribution < 1.29 is 18.2 Å². The Bertz CT molecular complexity index is 341. The van der Waals surface area contributed by atoms with Gasteiger partial charge in [0.1, 0.15) is 6.29 Å². The molecular weight excluding hydrogens is 308 g/mol. The van der Waals surface area contributed by atoms with E-state index in [0.29, 0.717) is 25.5 Å². The fraction of sp³-hybridized carbons (Fsp3) is 1.00. The third kappa shape index (κ3) is 7.95. The van der Waals surface area contributed by atoms with Crippen molar-refractivity contribution in [2.45, 2.75) is 53.4 Å². The molecule has 0 heterocycles. The molecule has 0 saturated heterocycles. The average molecular weight is 341 g/mol. The average Bonchev–Trinajstić information content (AvgIpc) is 2.43. The third-order valence-electron chi connectivity index (χ3n) is 3.37. The Hall–Kier alpha value is 0.340. The molecule has 7 heteroatoms. The molecule has 0 bridgehead atoms. The molecule has 5 nitrogen and oxygen atoms in total. The lowest BCUT2D eigenvalue weighted by atomic mass is 10.4. The first kappa shape index (κ1) is 21.3. The van der Waals surface area contributed by atoms with Gasteiger partial charge in [-0.15, -0.1) is 0 Å². The summed E-state index contributed by atoms with van der Waals surface area (Å²) in [6.07, 6.45) is 5.35. The largest absolute Gasteiger partial charge is 0.344 e. The van der Waals surface area contributed by atoms with Crippen molar-refractivity contribution in [2.24, 2.45) is 0 Å². The SMILES string of the molecule is CCCCP(=O)(CCCC)N(C)CP(=O)(OCC)OCC. The van der Waals surface area contributed by atoms with Gasteiger partial charge in [0.15, 0.2) is 7.29 Å². The molecule has 0 unspecified atom stereocenters. The highest BCUT2D eigenvalue weighted by atomic mass is 31.2. The van der Waals surface area contributed by atoms with Crippen LogP contribution in [-0.2, 0) is 18.2 Å². The van der Waals surface area contributed by atoms with Gasteiger partial charge in [0, 0.05) is 12.3 Å². The van der Waals surface area contributed by atoms with Crippen molar-refractivity contribution in [3.05, 3.63) is 0 Å². The molecule has 0 fully saturated rings. The predicted octanol–water partition coefficient (Wildman–Crippen LogP) is 5.02. The Morgan fingerprint density at radius 1 is 0.857 bits per heavy atom. The Balaban J connectivity index is 4.95. The van der Waals surface area contributed by atoms with Gasteiger partial charge in [-0.05, 0) is 33.7 Å². The Labute approximate surface area is 130 Å². The maximum absolute atomic E-state index is 13.2. The molecule has 0 radical (unpaired) electrons. The second-order valence-electron chi connectivity index (χ2n) is 5.25. The highest BCUT2D eigenvalue weighted by Gasteiger charge is 2.34. The van der Waals surface area contributed by atoms with Gasteiger partial charge in [0.25, 0.3) is 0 Å². The minimum atomic E-state index is -3.18. The summed E-state index contributed by atoms with van der Waals surface area (Å²) in [5.41, 5.74) is 0. The maximum atomic E-state index is 13.2. The zero-order valence-electron chi connectivity index (χ0n) is 14.3. The fourth-order valence-corrected chi connectivity index (χ4v) is 7.58. The van der Waals surface area contributed by atoms with E-state index in [4.69, 9.17) is 9.05 Å². The minimum absolute atomic E-state index is 0.111. The number of hydrogen-bond acceptors (Lipinski definition) is 4. The molecule has 0 aromatic rings. The van der Waals surface area contributed by atoms with Crippen LogP contribution in [0.15, 0.2) is 0 Å². The van der Waals surface area contributed by atoms with Crippen molar-refractivity contribution >= 4 is 14.9 Å². The topological polar surface area (TPSA) is 55.8 Å². The van der Waals surface area contributed by atoms with Crippen LogP contribution in [0.2, 0.25) is 0 Å². The first-order chi connectivity index (χ1) is 9.87. The summed E-state index contributed by atoms with van der Waals surface area (Å²) in [5, 5.41) is 0. The lowest BCUT2D eigenvalue weighted by Crippen LogP contribution is -2.22. The number of rotatable bonds is 13. The van der Waals surface area contributed by atoms with E-state index in [1.165, 1.54) is 0 Å². The van der Waals surface area contributed by atoms with Crippen molar-refractivity contribution in [3.63, 3.8) is 0 Å². The molecule has 0 aromatic heterocycles. The molecule has 0 aromatic carbocycles. The molecule has 0 rings (SSSR count). The quantitative estimate of drug-likeness (QED) is 0.440. The van der Waals surface area contributed by atoms with E-state index in [0.717, 1.165) is 25.7 Å². The molecule has 0 amide bonds. The van der Waals surface area contributed by atoms with Gasteiger partial charge in [-0.3, -0.25) is 4.57 Å². The summed E-state index contributed by atoms with van der Waals surface area (Å²) >= 11 is 0. The van der Waals surface area contributed by atoms with Crippen LogP contribution in [0.5, 0.6) is 0 Å². The summed E-state index contributed by atoms with van der Waals surface area (Å²) in [4.78, 5) is 0. The van der Waals surface area contributed by atoms with Gasteiger partial charge in [0.05, 0.1) is 13.2 Å². The van der Waals surface area contributed by atoms with Crippen LogP contribution in [0.25, 0.3) is 0 Å². The zero-order valence-corrected chi connectivity index (χ0v) is 16.1. The lowest BCUT2D eigenvalue weighted by Gasteiger charge is -2.31. The van der Waals surface area contributed by atoms with Gasteiger partial charge in [-0.1, -0.05) is 26.7 Å². The van der Waals surface area contributed by atoms with Crippen LogP contribution in [0, 0.1) is 0 Å². The van der Waals surface area contributed by atoms with Gasteiger partial charge in [-0.25, -0.2) is 4.67 Å². The highest BCUT2D eigenvalue weighted by Crippen LogP contribution is 2.57. The predicted molar refractivity (Wildman–Crippen MR) is 90.6 cm³/mol. The molecule has 0 atom stereocenters. The van der Waals surface area contributed by atoms with E-state index in [1.807, 2.05) is 0 Å². The number of nitrogens with zero attached hydrogens (tertiary/aromatic N) is 1. The first-order valence-electron chi connectivity index (χ1n) is 8.05. The Morgan fingerprint density at radius 2 is 1.29 bits per heavy atom. The van der Waals surface area contributed by atoms with E-state index in [-0.39, 0.29) is 6.29 Å². The van der Waals surface area contributed by atoms with Crippen molar-refractivity contribution in [2.75, 3.05) is 38.9 Å². The van der Waals surface area contributed by atoms with Crippen molar-refractivity contribution in [1.29, 1.82) is 0 Å². The number of unbranched alkanes of at least 4 members (excludes halogenated alkanes) is 2. The van der Waals surface area contributed by atoms with Crippen LogP contribution in [0.1, 0.15) is 53.4 Å². The summed E-state index contributed by atoms with van der Waals surface area (Å²) < 4.78 is 38.2. The monoisotopic (exact) mass is 341 g/mol. The zero-order chi connectivity index (χ0) is 16.4.